The zero-order chi connectivity index (χ0) is 13.7. The van der Waals surface area contributed by atoms with E-state index in [2.05, 4.69) is 10.6 Å². The van der Waals surface area contributed by atoms with E-state index in [0.29, 0.717) is 13.0 Å². The van der Waals surface area contributed by atoms with Gasteiger partial charge in [-0.2, -0.15) is 0 Å². The van der Waals surface area contributed by atoms with E-state index in [-0.39, 0.29) is 11.4 Å². The van der Waals surface area contributed by atoms with Crippen LogP contribution in [-0.4, -0.2) is 18.5 Å². The zero-order valence-electron chi connectivity index (χ0n) is 11.3. The average molecular weight is 301 g/mol. The number of hydrogen-bond donors (Lipinski definition) is 2. The summed E-state index contributed by atoms with van der Waals surface area (Å²) in [6, 6.07) is 3.83. The summed E-state index contributed by atoms with van der Waals surface area (Å²) in [5.41, 5.74) is 0.00935. The van der Waals surface area contributed by atoms with Crippen molar-refractivity contribution >= 4 is 28.8 Å². The molecule has 0 radical (unpaired) electrons. The van der Waals surface area contributed by atoms with E-state index >= 15 is 0 Å². The van der Waals surface area contributed by atoms with E-state index in [0.717, 1.165) is 22.1 Å². The summed E-state index contributed by atoms with van der Waals surface area (Å²) in [6.07, 6.45) is 6.49. The van der Waals surface area contributed by atoms with Crippen LogP contribution in [0.3, 0.4) is 0 Å². The lowest BCUT2D eigenvalue weighted by molar-refractivity contribution is -0.123. The van der Waals surface area contributed by atoms with Crippen LogP contribution in [0.5, 0.6) is 0 Å². The summed E-state index contributed by atoms with van der Waals surface area (Å²) in [5.74, 6) is 0.126. The number of thiophene rings is 1. The molecule has 5 heteroatoms. The van der Waals surface area contributed by atoms with Crippen molar-refractivity contribution in [1.29, 1.82) is 0 Å². The second-order valence-corrected chi connectivity index (χ2v) is 7.05. The highest BCUT2D eigenvalue weighted by atomic mass is 35.5. The zero-order valence-corrected chi connectivity index (χ0v) is 12.9. The van der Waals surface area contributed by atoms with E-state index in [1.807, 2.05) is 19.2 Å². The second-order valence-electron chi connectivity index (χ2n) is 5.25. The third-order valence-corrected chi connectivity index (χ3v) is 5.16. The van der Waals surface area contributed by atoms with Crippen LogP contribution in [0.25, 0.3) is 0 Å². The molecule has 0 spiro atoms. The van der Waals surface area contributed by atoms with E-state index in [1.54, 1.807) is 0 Å². The minimum atomic E-state index is 0.00935. The maximum Gasteiger partial charge on any atom is 0.222 e. The van der Waals surface area contributed by atoms with Gasteiger partial charge in [-0.3, -0.25) is 4.79 Å². The Labute approximate surface area is 123 Å². The third kappa shape index (κ3) is 4.20. The Hall–Kier alpha value is -0.580. The summed E-state index contributed by atoms with van der Waals surface area (Å²) in [7, 11) is 1.97. The van der Waals surface area contributed by atoms with Gasteiger partial charge in [-0.1, -0.05) is 30.9 Å². The first-order valence-electron chi connectivity index (χ1n) is 6.83. The van der Waals surface area contributed by atoms with Crippen molar-refractivity contribution in [2.24, 2.45) is 0 Å². The number of nitrogens with one attached hydrogen (secondary N) is 2. The van der Waals surface area contributed by atoms with Crippen LogP contribution in [-0.2, 0) is 11.3 Å². The van der Waals surface area contributed by atoms with Gasteiger partial charge in [0.25, 0.3) is 0 Å². The van der Waals surface area contributed by atoms with Crippen molar-refractivity contribution in [1.82, 2.24) is 10.6 Å². The highest BCUT2D eigenvalue weighted by molar-refractivity contribution is 7.16. The van der Waals surface area contributed by atoms with Crippen molar-refractivity contribution in [3.63, 3.8) is 0 Å². The van der Waals surface area contributed by atoms with Gasteiger partial charge in [0, 0.05) is 16.8 Å². The standard InChI is InChI=1S/C14H21ClN2OS/c1-16-14(7-3-2-4-8-14)9-13(18)17-10-11-5-6-12(15)19-11/h5-6,16H,2-4,7-10H2,1H3,(H,17,18). The van der Waals surface area contributed by atoms with Crippen molar-refractivity contribution < 1.29 is 4.79 Å². The van der Waals surface area contributed by atoms with Gasteiger partial charge < -0.3 is 10.6 Å². The molecule has 3 nitrogen and oxygen atoms in total. The first-order chi connectivity index (χ1) is 9.13. The number of hydrogen-bond acceptors (Lipinski definition) is 3. The first-order valence-corrected chi connectivity index (χ1v) is 8.03. The molecule has 0 bridgehead atoms. The van der Waals surface area contributed by atoms with Crippen molar-refractivity contribution in [2.75, 3.05) is 7.05 Å². The Kier molecular flexibility index (Phi) is 5.25. The maximum atomic E-state index is 12.1. The molecular weight excluding hydrogens is 280 g/mol. The van der Waals surface area contributed by atoms with Crippen LogP contribution in [0.2, 0.25) is 4.34 Å². The predicted molar refractivity (Wildman–Crippen MR) is 80.7 cm³/mol. The van der Waals surface area contributed by atoms with E-state index in [1.165, 1.54) is 30.6 Å². The monoisotopic (exact) mass is 300 g/mol. The topological polar surface area (TPSA) is 41.1 Å². The van der Waals surface area contributed by atoms with Gasteiger partial charge in [-0.25, -0.2) is 0 Å². The van der Waals surface area contributed by atoms with Gasteiger partial charge in [0.05, 0.1) is 10.9 Å². The van der Waals surface area contributed by atoms with Crippen LogP contribution in [0.1, 0.15) is 43.4 Å². The van der Waals surface area contributed by atoms with Gasteiger partial charge in [0.15, 0.2) is 0 Å². The number of amides is 1. The van der Waals surface area contributed by atoms with Gasteiger partial charge in [0.2, 0.25) is 5.91 Å². The van der Waals surface area contributed by atoms with Crippen molar-refractivity contribution in [3.8, 4) is 0 Å². The largest absolute Gasteiger partial charge is 0.351 e. The van der Waals surface area contributed by atoms with Crippen molar-refractivity contribution in [2.45, 2.75) is 50.6 Å². The molecule has 1 aliphatic carbocycles. The Morgan fingerprint density at radius 1 is 1.37 bits per heavy atom. The number of carbonyl (C=O) groups excluding carboxylic acids is 1. The molecule has 1 aromatic heterocycles. The maximum absolute atomic E-state index is 12.1. The molecule has 0 aromatic carbocycles. The highest BCUT2D eigenvalue weighted by Crippen LogP contribution is 2.30. The minimum absolute atomic E-state index is 0.00935. The van der Waals surface area contributed by atoms with Crippen LogP contribution in [0.15, 0.2) is 12.1 Å². The molecule has 1 aliphatic rings. The molecule has 1 heterocycles. The Balaban J connectivity index is 1.82. The van der Waals surface area contributed by atoms with E-state index < -0.39 is 0 Å². The normalized spacial score (nSPS) is 18.2. The molecule has 106 valence electrons. The molecular formula is C14H21ClN2OS. The fourth-order valence-electron chi connectivity index (χ4n) is 2.75. The minimum Gasteiger partial charge on any atom is -0.351 e. The smallest absolute Gasteiger partial charge is 0.222 e. The molecule has 2 N–H and O–H groups in total. The Morgan fingerprint density at radius 3 is 2.68 bits per heavy atom. The SMILES string of the molecule is CNC1(CC(=O)NCc2ccc(Cl)s2)CCCCC1. The van der Waals surface area contributed by atoms with Crippen LogP contribution >= 0.6 is 22.9 Å². The summed E-state index contributed by atoms with van der Waals surface area (Å²) >= 11 is 7.39. The van der Waals surface area contributed by atoms with E-state index in [9.17, 15) is 4.79 Å². The number of halogens is 1. The lowest BCUT2D eigenvalue weighted by atomic mass is 9.79. The van der Waals surface area contributed by atoms with Gasteiger partial charge in [-0.15, -0.1) is 11.3 Å². The molecule has 2 rings (SSSR count). The van der Waals surface area contributed by atoms with Crippen LogP contribution in [0.4, 0.5) is 0 Å². The van der Waals surface area contributed by atoms with Gasteiger partial charge in [0.1, 0.15) is 0 Å². The number of carbonyl (C=O) groups is 1. The summed E-state index contributed by atoms with van der Waals surface area (Å²) in [5, 5.41) is 6.36. The van der Waals surface area contributed by atoms with Crippen molar-refractivity contribution in [3.05, 3.63) is 21.3 Å². The highest BCUT2D eigenvalue weighted by Gasteiger charge is 2.32. The van der Waals surface area contributed by atoms with Gasteiger partial charge in [-0.05, 0) is 32.0 Å². The molecule has 0 atom stereocenters. The quantitative estimate of drug-likeness (QED) is 0.876. The molecule has 1 amide bonds. The lowest BCUT2D eigenvalue weighted by Gasteiger charge is -2.36. The van der Waals surface area contributed by atoms with Crippen LogP contribution in [0, 0.1) is 0 Å². The Bertz CT molecular complexity index is 427. The molecule has 1 aromatic rings. The fourth-order valence-corrected chi connectivity index (χ4v) is 3.77. The lowest BCUT2D eigenvalue weighted by Crippen LogP contribution is -2.48. The predicted octanol–water partition coefficient (Wildman–Crippen LogP) is 3.33. The third-order valence-electron chi connectivity index (χ3n) is 3.93. The molecule has 0 saturated heterocycles. The molecule has 1 fully saturated rings. The molecule has 0 aliphatic heterocycles. The first kappa shape index (κ1) is 14.8. The Morgan fingerprint density at radius 2 is 2.11 bits per heavy atom. The molecule has 19 heavy (non-hydrogen) atoms. The van der Waals surface area contributed by atoms with Gasteiger partial charge >= 0.3 is 0 Å². The van der Waals surface area contributed by atoms with Crippen LogP contribution < -0.4 is 10.6 Å². The second kappa shape index (κ2) is 6.73. The fraction of sp³-hybridized carbons (Fsp3) is 0.643. The number of rotatable bonds is 5. The summed E-state index contributed by atoms with van der Waals surface area (Å²) in [6.45, 7) is 0.579. The van der Waals surface area contributed by atoms with E-state index in [4.69, 9.17) is 11.6 Å². The summed E-state index contributed by atoms with van der Waals surface area (Å²) in [4.78, 5) is 13.2. The molecule has 1 saturated carbocycles. The summed E-state index contributed by atoms with van der Waals surface area (Å²) < 4.78 is 0.767. The molecule has 0 unspecified atom stereocenters. The average Bonchev–Trinajstić information content (AvgIpc) is 2.83.